The van der Waals surface area contributed by atoms with Crippen LogP contribution in [0.2, 0.25) is 0 Å². The maximum absolute atomic E-state index is 2.73. The van der Waals surface area contributed by atoms with E-state index in [1.54, 1.807) is 32.1 Å². The Morgan fingerprint density at radius 2 is 1.52 bits per heavy atom. The van der Waals surface area contributed by atoms with Crippen molar-refractivity contribution in [2.24, 2.45) is 76.4 Å². The van der Waals surface area contributed by atoms with E-state index in [4.69, 9.17) is 0 Å². The number of rotatable bonds is 9. The second-order valence-electron chi connectivity index (χ2n) is 13.3. The third-order valence-electron chi connectivity index (χ3n) is 12.0. The van der Waals surface area contributed by atoms with Crippen molar-refractivity contribution in [3.63, 3.8) is 0 Å². The van der Waals surface area contributed by atoms with Gasteiger partial charge in [0.15, 0.2) is 0 Å². The molecule has 5 rings (SSSR count). The molecule has 0 aromatic carbocycles. The van der Waals surface area contributed by atoms with Gasteiger partial charge in [0.2, 0.25) is 0 Å². The first-order valence-corrected chi connectivity index (χ1v) is 13.9. The van der Waals surface area contributed by atoms with Crippen molar-refractivity contribution in [3.05, 3.63) is 0 Å². The largest absolute Gasteiger partial charge is 0.0651 e. The van der Waals surface area contributed by atoms with Crippen LogP contribution in [0.25, 0.3) is 0 Å². The van der Waals surface area contributed by atoms with Crippen LogP contribution < -0.4 is 0 Å². The Morgan fingerprint density at radius 3 is 1.93 bits per heavy atom. The van der Waals surface area contributed by atoms with Gasteiger partial charge in [-0.25, -0.2) is 0 Å². The molecule has 0 spiro atoms. The number of hydrogen-bond acceptors (Lipinski definition) is 0. The molecular weight excluding hydrogens is 348 g/mol. The molecule has 5 fully saturated rings. The topological polar surface area (TPSA) is 0 Å². The van der Waals surface area contributed by atoms with E-state index in [9.17, 15) is 0 Å². The lowest BCUT2D eigenvalue weighted by Crippen LogP contribution is -2.58. The van der Waals surface area contributed by atoms with Crippen LogP contribution in [0.3, 0.4) is 0 Å². The Bertz CT molecular complexity index is 585. The van der Waals surface area contributed by atoms with Gasteiger partial charge in [-0.3, -0.25) is 0 Å². The predicted octanol–water partition coefficient (Wildman–Crippen LogP) is 8.46. The molecule has 0 nitrogen and oxygen atoms in total. The fourth-order valence-electron chi connectivity index (χ4n) is 9.91. The fourth-order valence-corrected chi connectivity index (χ4v) is 9.91. The first-order chi connectivity index (χ1) is 13.9. The molecule has 29 heavy (non-hydrogen) atoms. The molecule has 0 N–H and O–H groups in total. The molecule has 0 radical (unpaired) electrons. The van der Waals surface area contributed by atoms with Crippen LogP contribution in [0.15, 0.2) is 0 Å². The molecule has 5 aliphatic rings. The lowest BCUT2D eigenvalue weighted by molar-refractivity contribution is -0.161. The summed E-state index contributed by atoms with van der Waals surface area (Å²) in [6, 6.07) is 0. The summed E-state index contributed by atoms with van der Waals surface area (Å²) in [7, 11) is 0. The minimum Gasteiger partial charge on any atom is -0.0651 e. The van der Waals surface area contributed by atoms with Gasteiger partial charge < -0.3 is 0 Å². The molecule has 5 aliphatic carbocycles. The van der Waals surface area contributed by atoms with Crippen molar-refractivity contribution in [2.45, 2.75) is 106 Å². The monoisotopic (exact) mass is 398 g/mol. The Labute approximate surface area is 182 Å². The average Bonchev–Trinajstić information content (AvgIpc) is 3.54. The van der Waals surface area contributed by atoms with Crippen LogP contribution in [0.5, 0.6) is 0 Å². The first-order valence-electron chi connectivity index (χ1n) is 13.9. The van der Waals surface area contributed by atoms with Crippen LogP contribution in [0, 0.1) is 76.4 Å². The van der Waals surface area contributed by atoms with Gasteiger partial charge in [0, 0.05) is 0 Å². The van der Waals surface area contributed by atoms with Crippen molar-refractivity contribution in [1.82, 2.24) is 0 Å². The van der Waals surface area contributed by atoms with E-state index in [2.05, 4.69) is 41.5 Å². The van der Waals surface area contributed by atoms with Gasteiger partial charge in [0.25, 0.3) is 0 Å². The van der Waals surface area contributed by atoms with Crippen molar-refractivity contribution in [1.29, 1.82) is 0 Å². The summed E-state index contributed by atoms with van der Waals surface area (Å²) >= 11 is 0. The maximum atomic E-state index is 2.73. The summed E-state index contributed by atoms with van der Waals surface area (Å²) in [5.74, 6) is 12.4. The predicted molar refractivity (Wildman–Crippen MR) is 125 cm³/mol. The Hall–Kier alpha value is 0. The van der Waals surface area contributed by atoms with E-state index in [-0.39, 0.29) is 0 Å². The summed E-state index contributed by atoms with van der Waals surface area (Å²) in [5.41, 5.74) is 0.709. The van der Waals surface area contributed by atoms with Gasteiger partial charge in [-0.05, 0) is 128 Å². The molecule has 0 amide bonds. The summed E-state index contributed by atoms with van der Waals surface area (Å²) in [5, 5.41) is 0. The molecular formula is C29H50. The summed E-state index contributed by atoms with van der Waals surface area (Å²) < 4.78 is 0. The molecule has 11 unspecified atom stereocenters. The van der Waals surface area contributed by atoms with E-state index in [1.165, 1.54) is 32.1 Å². The van der Waals surface area contributed by atoms with Crippen LogP contribution in [-0.4, -0.2) is 0 Å². The van der Waals surface area contributed by atoms with Gasteiger partial charge >= 0.3 is 0 Å². The van der Waals surface area contributed by atoms with Crippen molar-refractivity contribution >= 4 is 0 Å². The zero-order valence-electron chi connectivity index (χ0n) is 20.5. The minimum absolute atomic E-state index is 0.709. The Morgan fingerprint density at radius 1 is 0.828 bits per heavy atom. The molecule has 0 aromatic rings. The molecule has 5 saturated carbocycles. The summed E-state index contributed by atoms with van der Waals surface area (Å²) in [6.45, 7) is 15.8. The highest BCUT2D eigenvalue weighted by Crippen LogP contribution is 2.67. The number of hydrogen-bond donors (Lipinski definition) is 0. The fraction of sp³-hybridized carbons (Fsp3) is 1.00. The van der Waals surface area contributed by atoms with Crippen molar-refractivity contribution < 1.29 is 0 Å². The normalized spacial score (nSPS) is 48.6. The second-order valence-corrected chi connectivity index (χ2v) is 13.3. The Kier molecular flexibility index (Phi) is 5.43. The Balaban J connectivity index is 1.31. The summed E-state index contributed by atoms with van der Waals surface area (Å²) in [6.07, 6.45) is 15.3. The molecule has 166 valence electrons. The van der Waals surface area contributed by atoms with Gasteiger partial charge in [0.1, 0.15) is 0 Å². The third-order valence-corrected chi connectivity index (χ3v) is 12.0. The van der Waals surface area contributed by atoms with Gasteiger partial charge in [0.05, 0.1) is 0 Å². The van der Waals surface area contributed by atoms with E-state index >= 15 is 0 Å². The zero-order chi connectivity index (χ0) is 20.5. The standard InChI is InChI=1S/C29H50/c1-7-23(21-9-10-21)19(4)28(22-11-12-22)20(5)27-18(3)16-24(27)26-14-15-29(26,6)25-13-8-17(25)2/h17-28H,7-16H2,1-6H3. The van der Waals surface area contributed by atoms with E-state index in [0.29, 0.717) is 5.41 Å². The lowest BCUT2D eigenvalue weighted by Gasteiger charge is -2.65. The quantitative estimate of drug-likeness (QED) is 0.365. The van der Waals surface area contributed by atoms with E-state index < -0.39 is 0 Å². The molecule has 0 bridgehead atoms. The molecule has 11 atom stereocenters. The van der Waals surface area contributed by atoms with Crippen LogP contribution >= 0.6 is 0 Å². The highest BCUT2D eigenvalue weighted by atomic mass is 14.6. The average molecular weight is 399 g/mol. The summed E-state index contributed by atoms with van der Waals surface area (Å²) in [4.78, 5) is 0. The molecule has 0 saturated heterocycles. The van der Waals surface area contributed by atoms with E-state index in [0.717, 1.165) is 71.0 Å². The molecule has 0 heteroatoms. The van der Waals surface area contributed by atoms with Gasteiger partial charge in [-0.15, -0.1) is 0 Å². The van der Waals surface area contributed by atoms with Crippen LogP contribution in [0.4, 0.5) is 0 Å². The minimum atomic E-state index is 0.709. The van der Waals surface area contributed by atoms with Gasteiger partial charge in [-0.2, -0.15) is 0 Å². The van der Waals surface area contributed by atoms with Crippen molar-refractivity contribution in [2.75, 3.05) is 0 Å². The van der Waals surface area contributed by atoms with Crippen LogP contribution in [0.1, 0.15) is 106 Å². The zero-order valence-corrected chi connectivity index (χ0v) is 20.5. The third kappa shape index (κ3) is 3.36. The highest BCUT2D eigenvalue weighted by molar-refractivity contribution is 5.09. The maximum Gasteiger partial charge on any atom is -0.0264 e. The van der Waals surface area contributed by atoms with Crippen molar-refractivity contribution in [3.8, 4) is 0 Å². The molecule has 0 heterocycles. The molecule has 0 aromatic heterocycles. The van der Waals surface area contributed by atoms with Crippen LogP contribution in [-0.2, 0) is 0 Å². The highest BCUT2D eigenvalue weighted by Gasteiger charge is 2.60. The van der Waals surface area contributed by atoms with Gasteiger partial charge in [-0.1, -0.05) is 54.4 Å². The van der Waals surface area contributed by atoms with E-state index in [1.807, 2.05) is 0 Å². The second kappa shape index (κ2) is 7.55. The smallest absolute Gasteiger partial charge is 0.0264 e. The first kappa shape index (κ1) is 20.9. The SMILES string of the molecule is CCC(C1CC1)C(C)C(C1CC1)C(C)C1C(C)CC1C1CCC1(C)C1CCC1C. The lowest BCUT2D eigenvalue weighted by atomic mass is 9.40. The molecule has 0 aliphatic heterocycles.